The van der Waals surface area contributed by atoms with Gasteiger partial charge in [-0.2, -0.15) is 0 Å². The quantitative estimate of drug-likeness (QED) is 0.441. The molecule has 2 nitrogen and oxygen atoms in total. The molecule has 14 heavy (non-hydrogen) atoms. The third kappa shape index (κ3) is 7.34. The molecular formula is C11H21ClO2. The lowest BCUT2D eigenvalue weighted by atomic mass is 10.1. The Morgan fingerprint density at radius 2 is 2.07 bits per heavy atom. The Kier molecular flexibility index (Phi) is 9.42. The summed E-state index contributed by atoms with van der Waals surface area (Å²) in [6.07, 6.45) is 5.62. The van der Waals surface area contributed by atoms with Crippen molar-refractivity contribution in [1.82, 2.24) is 0 Å². The maximum absolute atomic E-state index is 11.4. The first kappa shape index (κ1) is 13.9. The van der Waals surface area contributed by atoms with E-state index in [0.717, 1.165) is 12.8 Å². The molecule has 0 N–H and O–H groups in total. The second kappa shape index (κ2) is 9.47. The van der Waals surface area contributed by atoms with Crippen LogP contribution in [-0.4, -0.2) is 24.9 Å². The number of ether oxygens (including phenoxy) is 1. The molecule has 0 aliphatic rings. The summed E-state index contributed by atoms with van der Waals surface area (Å²) in [5, 5.41) is 0. The van der Waals surface area contributed by atoms with E-state index in [1.165, 1.54) is 12.8 Å². The summed E-state index contributed by atoms with van der Waals surface area (Å²) < 4.78 is 5.04. The van der Waals surface area contributed by atoms with Crippen molar-refractivity contribution in [2.45, 2.75) is 51.6 Å². The van der Waals surface area contributed by atoms with Crippen LogP contribution < -0.4 is 0 Å². The lowest BCUT2D eigenvalue weighted by Gasteiger charge is -2.10. The summed E-state index contributed by atoms with van der Waals surface area (Å²) in [7, 11) is 1.59. The van der Waals surface area contributed by atoms with Crippen LogP contribution in [0.2, 0.25) is 0 Å². The molecule has 0 radical (unpaired) electrons. The van der Waals surface area contributed by atoms with Crippen molar-refractivity contribution in [3.05, 3.63) is 0 Å². The fourth-order valence-corrected chi connectivity index (χ4v) is 1.54. The molecule has 84 valence electrons. The van der Waals surface area contributed by atoms with E-state index >= 15 is 0 Å². The molecule has 0 fully saturated rings. The molecule has 0 spiro atoms. The minimum Gasteiger partial charge on any atom is -0.380 e. The maximum Gasteiger partial charge on any atom is 0.135 e. The normalized spacial score (nSPS) is 12.8. The van der Waals surface area contributed by atoms with Crippen molar-refractivity contribution in [2.24, 2.45) is 0 Å². The average Bonchev–Trinajstić information content (AvgIpc) is 2.21. The second-order valence-corrected chi connectivity index (χ2v) is 3.87. The number of carbonyl (C=O) groups excluding carboxylic acids is 1. The third-order valence-corrected chi connectivity index (χ3v) is 2.61. The second-order valence-electron chi connectivity index (χ2n) is 3.57. The number of hydrogen-bond donors (Lipinski definition) is 0. The van der Waals surface area contributed by atoms with Crippen molar-refractivity contribution in [3.8, 4) is 0 Å². The third-order valence-electron chi connectivity index (χ3n) is 2.27. The van der Waals surface area contributed by atoms with Gasteiger partial charge in [0.2, 0.25) is 0 Å². The van der Waals surface area contributed by atoms with Crippen molar-refractivity contribution in [3.63, 3.8) is 0 Å². The number of ketones is 1. The van der Waals surface area contributed by atoms with E-state index in [4.69, 9.17) is 16.3 Å². The molecule has 0 aliphatic carbocycles. The first-order valence-electron chi connectivity index (χ1n) is 5.35. The molecule has 0 amide bonds. The predicted octanol–water partition coefficient (Wildman–Crippen LogP) is 3.17. The minimum atomic E-state index is -0.102. The van der Waals surface area contributed by atoms with E-state index in [9.17, 15) is 4.79 Å². The number of rotatable bonds is 9. The highest BCUT2D eigenvalue weighted by Gasteiger charge is 2.11. The molecule has 0 saturated carbocycles. The minimum absolute atomic E-state index is 0.102. The highest BCUT2D eigenvalue weighted by molar-refractivity contribution is 6.18. The van der Waals surface area contributed by atoms with Crippen LogP contribution in [0.1, 0.15) is 45.4 Å². The van der Waals surface area contributed by atoms with Crippen LogP contribution in [0.15, 0.2) is 0 Å². The van der Waals surface area contributed by atoms with Gasteiger partial charge in [-0.15, -0.1) is 11.6 Å². The van der Waals surface area contributed by atoms with Gasteiger partial charge >= 0.3 is 0 Å². The fraction of sp³-hybridized carbons (Fsp3) is 0.909. The predicted molar refractivity (Wildman–Crippen MR) is 59.9 cm³/mol. The van der Waals surface area contributed by atoms with Gasteiger partial charge in [0.1, 0.15) is 5.78 Å². The molecule has 0 heterocycles. The number of unbranched alkanes of at least 4 members (excludes halogenated alkanes) is 3. The molecule has 1 unspecified atom stereocenters. The standard InChI is InChI=1S/C11H21ClO2/c1-3-4-5-6-7-10(13)8-11(9-12)14-2/h11H,3-9H2,1-2H3. The van der Waals surface area contributed by atoms with E-state index in [1.54, 1.807) is 7.11 Å². The number of alkyl halides is 1. The van der Waals surface area contributed by atoms with Gasteiger partial charge in [-0.1, -0.05) is 26.2 Å². The van der Waals surface area contributed by atoms with Crippen LogP contribution in [0.25, 0.3) is 0 Å². The van der Waals surface area contributed by atoms with Crippen LogP contribution >= 0.6 is 11.6 Å². The maximum atomic E-state index is 11.4. The highest BCUT2D eigenvalue weighted by Crippen LogP contribution is 2.08. The zero-order valence-electron chi connectivity index (χ0n) is 9.22. The first-order chi connectivity index (χ1) is 6.74. The summed E-state index contributed by atoms with van der Waals surface area (Å²) in [5.41, 5.74) is 0. The molecule has 0 aliphatic heterocycles. The van der Waals surface area contributed by atoms with Crippen LogP contribution in [0, 0.1) is 0 Å². The van der Waals surface area contributed by atoms with Gasteiger partial charge in [0.15, 0.2) is 0 Å². The summed E-state index contributed by atoms with van der Waals surface area (Å²) in [6, 6.07) is 0. The molecule has 0 aromatic rings. The van der Waals surface area contributed by atoms with Crippen LogP contribution in [0.5, 0.6) is 0 Å². The zero-order valence-corrected chi connectivity index (χ0v) is 9.98. The summed E-state index contributed by atoms with van der Waals surface area (Å²) >= 11 is 5.62. The first-order valence-corrected chi connectivity index (χ1v) is 5.88. The number of hydrogen-bond acceptors (Lipinski definition) is 2. The molecular weight excluding hydrogens is 200 g/mol. The molecule has 1 atom stereocenters. The van der Waals surface area contributed by atoms with Gasteiger partial charge in [0, 0.05) is 25.8 Å². The van der Waals surface area contributed by atoms with Crippen LogP contribution in [-0.2, 0) is 9.53 Å². The number of halogens is 1. The van der Waals surface area contributed by atoms with E-state index in [0.29, 0.717) is 18.7 Å². The number of Topliss-reactive ketones (excluding diaryl/α,β-unsaturated/α-hetero) is 1. The molecule has 0 bridgehead atoms. The monoisotopic (exact) mass is 220 g/mol. The largest absolute Gasteiger partial charge is 0.380 e. The van der Waals surface area contributed by atoms with Gasteiger partial charge in [-0.25, -0.2) is 0 Å². The van der Waals surface area contributed by atoms with Gasteiger partial charge in [-0.05, 0) is 6.42 Å². The lowest BCUT2D eigenvalue weighted by molar-refractivity contribution is -0.121. The molecule has 3 heteroatoms. The Morgan fingerprint density at radius 3 is 2.57 bits per heavy atom. The van der Waals surface area contributed by atoms with Crippen molar-refractivity contribution < 1.29 is 9.53 Å². The molecule has 0 saturated heterocycles. The fourth-order valence-electron chi connectivity index (χ4n) is 1.31. The SMILES string of the molecule is CCCCCCC(=O)CC(CCl)OC. The van der Waals surface area contributed by atoms with Gasteiger partial charge in [0.25, 0.3) is 0 Å². The van der Waals surface area contributed by atoms with E-state index in [1.807, 2.05) is 0 Å². The Hall–Kier alpha value is -0.0800. The summed E-state index contributed by atoms with van der Waals surface area (Å²) in [4.78, 5) is 11.4. The van der Waals surface area contributed by atoms with E-state index < -0.39 is 0 Å². The van der Waals surface area contributed by atoms with Crippen LogP contribution in [0.3, 0.4) is 0 Å². The Balaban J connectivity index is 3.44. The van der Waals surface area contributed by atoms with Gasteiger partial charge in [-0.3, -0.25) is 4.79 Å². The average molecular weight is 221 g/mol. The zero-order chi connectivity index (χ0) is 10.8. The molecule has 0 aromatic carbocycles. The van der Waals surface area contributed by atoms with Crippen molar-refractivity contribution in [2.75, 3.05) is 13.0 Å². The summed E-state index contributed by atoms with van der Waals surface area (Å²) in [6.45, 7) is 2.16. The molecule has 0 rings (SSSR count). The Bertz CT molecular complexity index is 144. The lowest BCUT2D eigenvalue weighted by Crippen LogP contribution is -2.17. The van der Waals surface area contributed by atoms with E-state index in [-0.39, 0.29) is 11.9 Å². The van der Waals surface area contributed by atoms with Crippen molar-refractivity contribution >= 4 is 17.4 Å². The smallest absolute Gasteiger partial charge is 0.135 e. The number of methoxy groups -OCH3 is 1. The van der Waals surface area contributed by atoms with Gasteiger partial charge < -0.3 is 4.74 Å². The van der Waals surface area contributed by atoms with Gasteiger partial charge in [0.05, 0.1) is 6.10 Å². The highest BCUT2D eigenvalue weighted by atomic mass is 35.5. The summed E-state index contributed by atoms with van der Waals surface area (Å²) in [5.74, 6) is 0.672. The van der Waals surface area contributed by atoms with Crippen LogP contribution in [0.4, 0.5) is 0 Å². The Morgan fingerprint density at radius 1 is 1.36 bits per heavy atom. The topological polar surface area (TPSA) is 26.3 Å². The number of carbonyl (C=O) groups is 1. The van der Waals surface area contributed by atoms with Crippen molar-refractivity contribution in [1.29, 1.82) is 0 Å². The van der Waals surface area contributed by atoms with E-state index in [2.05, 4.69) is 6.92 Å². The Labute approximate surface area is 92.0 Å². The molecule has 0 aromatic heterocycles.